The molecule has 1 fully saturated rings. The summed E-state index contributed by atoms with van der Waals surface area (Å²) in [5.74, 6) is -0.0616. The number of thiazole rings is 1. The van der Waals surface area contributed by atoms with Gasteiger partial charge in [0.05, 0.1) is 5.02 Å². The monoisotopic (exact) mass is 418 g/mol. The topological polar surface area (TPSA) is 79.0 Å². The molecule has 1 aliphatic heterocycles. The van der Waals surface area contributed by atoms with Crippen LogP contribution >= 0.6 is 22.9 Å². The van der Waals surface area contributed by atoms with E-state index in [1.807, 2.05) is 5.38 Å². The van der Waals surface area contributed by atoms with E-state index >= 15 is 0 Å². The van der Waals surface area contributed by atoms with Crippen LogP contribution in [0.15, 0.2) is 40.6 Å². The summed E-state index contributed by atoms with van der Waals surface area (Å²) in [7, 11) is 0. The Balaban J connectivity index is 1.48. The summed E-state index contributed by atoms with van der Waals surface area (Å²) < 4.78 is 13.3. The third-order valence-corrected chi connectivity index (χ3v) is 5.83. The van der Waals surface area contributed by atoms with Gasteiger partial charge in [0.2, 0.25) is 0 Å². The first kappa shape index (κ1) is 18.8. The van der Waals surface area contributed by atoms with E-state index in [0.717, 1.165) is 0 Å². The van der Waals surface area contributed by atoms with Crippen molar-refractivity contribution in [3.63, 3.8) is 0 Å². The Morgan fingerprint density at radius 1 is 1.29 bits per heavy atom. The van der Waals surface area contributed by atoms with Gasteiger partial charge in [-0.05, 0) is 31.0 Å². The summed E-state index contributed by atoms with van der Waals surface area (Å²) >= 11 is 7.21. The third kappa shape index (κ3) is 3.83. The van der Waals surface area contributed by atoms with Gasteiger partial charge in [-0.25, -0.2) is 14.4 Å². The van der Waals surface area contributed by atoms with Crippen LogP contribution in [-0.2, 0) is 0 Å². The van der Waals surface area contributed by atoms with Crippen molar-refractivity contribution in [2.24, 2.45) is 0 Å². The molecule has 0 bridgehead atoms. The number of nitrogens with one attached hydrogen (secondary N) is 1. The molecular formula is C19H16ClFN4O2S. The van der Waals surface area contributed by atoms with Crippen LogP contribution in [0.3, 0.4) is 0 Å². The molecule has 28 heavy (non-hydrogen) atoms. The molecule has 1 aromatic carbocycles. The van der Waals surface area contributed by atoms with Crippen molar-refractivity contribution >= 4 is 28.8 Å². The number of aromatic nitrogens is 3. The number of rotatable bonds is 3. The second-order valence-corrected chi connectivity index (χ2v) is 7.85. The minimum atomic E-state index is -0.549. The maximum absolute atomic E-state index is 13.3. The molecule has 1 saturated heterocycles. The second kappa shape index (κ2) is 7.81. The van der Waals surface area contributed by atoms with Crippen LogP contribution in [0.5, 0.6) is 0 Å². The average molecular weight is 419 g/mol. The van der Waals surface area contributed by atoms with Crippen molar-refractivity contribution in [3.05, 3.63) is 68.4 Å². The Labute approximate surface area is 169 Å². The van der Waals surface area contributed by atoms with Crippen molar-refractivity contribution in [1.29, 1.82) is 0 Å². The van der Waals surface area contributed by atoms with Gasteiger partial charge in [-0.1, -0.05) is 11.6 Å². The van der Waals surface area contributed by atoms with Crippen LogP contribution in [0.2, 0.25) is 5.02 Å². The first-order chi connectivity index (χ1) is 13.5. The van der Waals surface area contributed by atoms with Gasteiger partial charge < -0.3 is 9.88 Å². The van der Waals surface area contributed by atoms with Gasteiger partial charge in [-0.2, -0.15) is 0 Å². The zero-order chi connectivity index (χ0) is 19.7. The molecule has 6 nitrogen and oxygen atoms in total. The molecule has 4 rings (SSSR count). The summed E-state index contributed by atoms with van der Waals surface area (Å²) in [5.41, 5.74) is 0.713. The minimum absolute atomic E-state index is 0.0495. The number of likely N-dealkylation sites (tertiary alicyclic amines) is 1. The highest BCUT2D eigenvalue weighted by molar-refractivity contribution is 7.13. The van der Waals surface area contributed by atoms with Gasteiger partial charge in [0.15, 0.2) is 0 Å². The number of carbonyl (C=O) groups is 1. The van der Waals surface area contributed by atoms with Gasteiger partial charge in [0.25, 0.3) is 11.5 Å². The quantitative estimate of drug-likeness (QED) is 0.703. The lowest BCUT2D eigenvalue weighted by Gasteiger charge is -2.31. The number of carbonyl (C=O) groups excluding carboxylic acids is 1. The molecule has 0 atom stereocenters. The smallest absolute Gasteiger partial charge is 0.253 e. The number of benzene rings is 1. The van der Waals surface area contributed by atoms with E-state index in [4.69, 9.17) is 11.6 Å². The number of amides is 1. The Morgan fingerprint density at radius 3 is 2.75 bits per heavy atom. The van der Waals surface area contributed by atoms with E-state index in [-0.39, 0.29) is 22.4 Å². The highest BCUT2D eigenvalue weighted by Crippen LogP contribution is 2.28. The Kier molecular flexibility index (Phi) is 5.23. The lowest BCUT2D eigenvalue weighted by Crippen LogP contribution is -2.38. The summed E-state index contributed by atoms with van der Waals surface area (Å²) in [6.45, 7) is 1.04. The van der Waals surface area contributed by atoms with E-state index in [2.05, 4.69) is 15.0 Å². The predicted octanol–water partition coefficient (Wildman–Crippen LogP) is 3.71. The summed E-state index contributed by atoms with van der Waals surface area (Å²) in [5, 5.41) is 2.47. The van der Waals surface area contributed by atoms with Crippen LogP contribution in [-0.4, -0.2) is 38.8 Å². The molecule has 0 aliphatic carbocycles. The largest absolute Gasteiger partial charge is 0.339 e. The van der Waals surface area contributed by atoms with E-state index < -0.39 is 5.82 Å². The summed E-state index contributed by atoms with van der Waals surface area (Å²) in [6.07, 6.45) is 3.02. The lowest BCUT2D eigenvalue weighted by molar-refractivity contribution is 0.0711. The number of halogens is 2. The molecule has 0 unspecified atom stereocenters. The molecule has 1 N–H and O–H groups in total. The molecule has 0 saturated carbocycles. The maximum Gasteiger partial charge on any atom is 0.253 e. The molecule has 9 heteroatoms. The molecule has 144 valence electrons. The highest BCUT2D eigenvalue weighted by Gasteiger charge is 2.26. The van der Waals surface area contributed by atoms with Gasteiger partial charge in [0, 0.05) is 42.2 Å². The van der Waals surface area contributed by atoms with Crippen molar-refractivity contribution in [3.8, 4) is 10.7 Å². The van der Waals surface area contributed by atoms with E-state index in [1.54, 1.807) is 11.1 Å². The SMILES string of the molecule is O=C(c1ccc(F)c(Cl)c1)N1CCC(c2nc(-c3nccs3)cc(=O)[nH]2)CC1. The molecule has 1 aliphatic rings. The first-order valence-corrected chi connectivity index (χ1v) is 10.0. The Bertz CT molecular complexity index is 1060. The van der Waals surface area contributed by atoms with Crippen molar-refractivity contribution in [1.82, 2.24) is 19.9 Å². The Hall–Kier alpha value is -2.58. The van der Waals surface area contributed by atoms with E-state index in [1.165, 1.54) is 35.6 Å². The fourth-order valence-electron chi connectivity index (χ4n) is 3.30. The molecule has 2 aromatic heterocycles. The zero-order valence-corrected chi connectivity index (χ0v) is 16.3. The number of piperidine rings is 1. The summed E-state index contributed by atoms with van der Waals surface area (Å²) in [6, 6.07) is 5.42. The number of nitrogens with zero attached hydrogens (tertiary/aromatic N) is 3. The van der Waals surface area contributed by atoms with Crippen molar-refractivity contribution in [2.75, 3.05) is 13.1 Å². The number of H-pyrrole nitrogens is 1. The van der Waals surface area contributed by atoms with Crippen LogP contribution < -0.4 is 5.56 Å². The van der Waals surface area contributed by atoms with Crippen LogP contribution in [0.25, 0.3) is 10.7 Å². The molecule has 0 spiro atoms. The minimum Gasteiger partial charge on any atom is -0.339 e. The van der Waals surface area contributed by atoms with Crippen molar-refractivity contribution < 1.29 is 9.18 Å². The van der Waals surface area contributed by atoms with Crippen molar-refractivity contribution in [2.45, 2.75) is 18.8 Å². The second-order valence-electron chi connectivity index (χ2n) is 6.55. The Morgan fingerprint density at radius 2 is 2.07 bits per heavy atom. The molecular weight excluding hydrogens is 403 g/mol. The van der Waals surface area contributed by atoms with E-state index in [9.17, 15) is 14.0 Å². The summed E-state index contributed by atoms with van der Waals surface area (Å²) in [4.78, 5) is 38.0. The zero-order valence-electron chi connectivity index (χ0n) is 14.7. The predicted molar refractivity (Wildman–Crippen MR) is 105 cm³/mol. The average Bonchev–Trinajstić information content (AvgIpc) is 3.24. The maximum atomic E-state index is 13.3. The highest BCUT2D eigenvalue weighted by atomic mass is 35.5. The molecule has 3 heterocycles. The van der Waals surface area contributed by atoms with Gasteiger partial charge in [-0.15, -0.1) is 11.3 Å². The van der Waals surface area contributed by atoms with Crippen LogP contribution in [0.4, 0.5) is 4.39 Å². The third-order valence-electron chi connectivity index (χ3n) is 4.75. The normalized spacial score (nSPS) is 15.0. The lowest BCUT2D eigenvalue weighted by atomic mass is 9.95. The molecule has 1 amide bonds. The van der Waals surface area contributed by atoms with Gasteiger partial charge in [0.1, 0.15) is 22.3 Å². The van der Waals surface area contributed by atoms with E-state index in [0.29, 0.717) is 48.0 Å². The molecule has 3 aromatic rings. The van der Waals surface area contributed by atoms with Crippen LogP contribution in [0, 0.1) is 5.82 Å². The first-order valence-electron chi connectivity index (χ1n) is 8.77. The standard InChI is InChI=1S/C19H16ClFN4O2S/c20-13-9-12(1-2-14(13)21)19(27)25-6-3-11(4-7-25)17-23-15(10-16(26)24-17)18-22-5-8-28-18/h1-2,5,8-11H,3-4,6-7H2,(H,23,24,26). The van der Waals surface area contributed by atoms with Crippen LogP contribution in [0.1, 0.15) is 34.9 Å². The van der Waals surface area contributed by atoms with Gasteiger partial charge >= 0.3 is 0 Å². The number of aromatic amines is 1. The number of hydrogen-bond acceptors (Lipinski definition) is 5. The molecule has 0 radical (unpaired) electrons. The number of hydrogen-bond donors (Lipinski definition) is 1. The fraction of sp³-hybridized carbons (Fsp3) is 0.263. The fourth-order valence-corrected chi connectivity index (χ4v) is 4.08. The van der Waals surface area contributed by atoms with Gasteiger partial charge in [-0.3, -0.25) is 9.59 Å².